The lowest BCUT2D eigenvalue weighted by atomic mass is 10.2. The van der Waals surface area contributed by atoms with E-state index in [9.17, 15) is 0 Å². The molecule has 1 aliphatic rings. The molecule has 94 valence electrons. The van der Waals surface area contributed by atoms with Gasteiger partial charge in [-0.1, -0.05) is 19.9 Å². The summed E-state index contributed by atoms with van der Waals surface area (Å²) in [5, 5.41) is 3.32. The van der Waals surface area contributed by atoms with Crippen LogP contribution in [0.2, 0.25) is 0 Å². The van der Waals surface area contributed by atoms with E-state index in [1.54, 1.807) is 0 Å². The zero-order chi connectivity index (χ0) is 12.1. The van der Waals surface area contributed by atoms with Gasteiger partial charge in [0.25, 0.3) is 0 Å². The first-order valence-corrected chi connectivity index (χ1v) is 6.66. The number of pyridine rings is 1. The van der Waals surface area contributed by atoms with Crippen molar-refractivity contribution in [1.29, 1.82) is 0 Å². The second-order valence-electron chi connectivity index (χ2n) is 5.03. The minimum Gasteiger partial charge on any atom is -0.311 e. The first kappa shape index (κ1) is 12.5. The molecule has 1 unspecified atom stereocenters. The summed E-state index contributed by atoms with van der Waals surface area (Å²) in [6.07, 6.45) is 1.33. The molecule has 3 heteroatoms. The number of rotatable bonds is 5. The van der Waals surface area contributed by atoms with Gasteiger partial charge in [0, 0.05) is 19.6 Å². The van der Waals surface area contributed by atoms with Crippen molar-refractivity contribution in [3.63, 3.8) is 0 Å². The highest BCUT2D eigenvalue weighted by Gasteiger charge is 2.18. The Morgan fingerprint density at radius 2 is 2.24 bits per heavy atom. The molecule has 1 fully saturated rings. The number of aromatic nitrogens is 1. The van der Waals surface area contributed by atoms with Crippen LogP contribution in [0.5, 0.6) is 0 Å². The van der Waals surface area contributed by atoms with Crippen LogP contribution in [0.15, 0.2) is 18.2 Å². The molecule has 0 saturated carbocycles. The molecule has 0 bridgehead atoms. The summed E-state index contributed by atoms with van der Waals surface area (Å²) in [4.78, 5) is 7.20. The Hall–Kier alpha value is -0.930. The van der Waals surface area contributed by atoms with Crippen LogP contribution in [0.25, 0.3) is 0 Å². The zero-order valence-electron chi connectivity index (χ0n) is 10.9. The molecule has 1 aromatic rings. The van der Waals surface area contributed by atoms with Crippen molar-refractivity contribution < 1.29 is 0 Å². The van der Waals surface area contributed by atoms with Crippen molar-refractivity contribution in [3.05, 3.63) is 29.6 Å². The third-order valence-corrected chi connectivity index (χ3v) is 3.31. The van der Waals surface area contributed by atoms with Gasteiger partial charge in [-0.2, -0.15) is 0 Å². The van der Waals surface area contributed by atoms with Crippen LogP contribution in [0.1, 0.15) is 31.7 Å². The fraction of sp³-hybridized carbons (Fsp3) is 0.643. The fourth-order valence-corrected chi connectivity index (χ4v) is 2.37. The van der Waals surface area contributed by atoms with E-state index < -0.39 is 0 Å². The Morgan fingerprint density at radius 1 is 1.41 bits per heavy atom. The molecule has 2 heterocycles. The van der Waals surface area contributed by atoms with Crippen LogP contribution < -0.4 is 5.32 Å². The normalized spacial score (nSPS) is 20.9. The number of hydrogen-bond donors (Lipinski definition) is 1. The summed E-state index contributed by atoms with van der Waals surface area (Å²) in [7, 11) is 0. The number of likely N-dealkylation sites (tertiary alicyclic amines) is 1. The molecule has 1 aromatic heterocycles. The molecule has 1 N–H and O–H groups in total. The minimum absolute atomic E-state index is 0.847. The Labute approximate surface area is 104 Å². The van der Waals surface area contributed by atoms with E-state index >= 15 is 0 Å². The van der Waals surface area contributed by atoms with Gasteiger partial charge in [0.15, 0.2) is 0 Å². The zero-order valence-corrected chi connectivity index (χ0v) is 10.9. The second-order valence-corrected chi connectivity index (χ2v) is 5.03. The highest BCUT2D eigenvalue weighted by Crippen LogP contribution is 2.17. The third-order valence-electron chi connectivity index (χ3n) is 3.31. The fourth-order valence-electron chi connectivity index (χ4n) is 2.37. The smallest absolute Gasteiger partial charge is 0.0547 e. The first-order valence-electron chi connectivity index (χ1n) is 6.66. The molecule has 1 saturated heterocycles. The molecular formula is C14H23N3. The Balaban J connectivity index is 1.91. The predicted octanol–water partition coefficient (Wildman–Crippen LogP) is 2.03. The lowest BCUT2D eigenvalue weighted by Gasteiger charge is -2.15. The lowest BCUT2D eigenvalue weighted by molar-refractivity contribution is 0.316. The van der Waals surface area contributed by atoms with Gasteiger partial charge in [-0.05, 0) is 37.6 Å². The number of nitrogens with zero attached hydrogens (tertiary/aromatic N) is 2. The molecule has 17 heavy (non-hydrogen) atoms. The van der Waals surface area contributed by atoms with Gasteiger partial charge in [0.05, 0.1) is 11.4 Å². The molecule has 0 amide bonds. The summed E-state index contributed by atoms with van der Waals surface area (Å²) < 4.78 is 0. The van der Waals surface area contributed by atoms with Crippen molar-refractivity contribution in [2.45, 2.75) is 33.4 Å². The van der Waals surface area contributed by atoms with Crippen LogP contribution >= 0.6 is 0 Å². The van der Waals surface area contributed by atoms with E-state index in [0.29, 0.717) is 0 Å². The van der Waals surface area contributed by atoms with Gasteiger partial charge in [0.2, 0.25) is 0 Å². The summed E-state index contributed by atoms with van der Waals surface area (Å²) in [5.41, 5.74) is 2.35. The van der Waals surface area contributed by atoms with Gasteiger partial charge in [-0.25, -0.2) is 0 Å². The molecular weight excluding hydrogens is 210 g/mol. The Morgan fingerprint density at radius 3 is 2.94 bits per heavy atom. The largest absolute Gasteiger partial charge is 0.311 e. The highest BCUT2D eigenvalue weighted by molar-refractivity contribution is 5.11. The van der Waals surface area contributed by atoms with Crippen molar-refractivity contribution in [1.82, 2.24) is 15.2 Å². The molecule has 0 aromatic carbocycles. The van der Waals surface area contributed by atoms with E-state index in [1.807, 2.05) is 0 Å². The van der Waals surface area contributed by atoms with E-state index in [1.165, 1.54) is 25.2 Å². The van der Waals surface area contributed by atoms with Crippen LogP contribution in [-0.4, -0.2) is 29.5 Å². The standard InChI is InChI=1S/C14H23N3/c1-3-15-9-13-5-4-6-14(16-13)11-17-8-7-12(2)10-17/h4-6,12,15H,3,7-11H2,1-2H3. The summed E-state index contributed by atoms with van der Waals surface area (Å²) >= 11 is 0. The summed E-state index contributed by atoms with van der Waals surface area (Å²) in [5.74, 6) is 0.847. The molecule has 3 nitrogen and oxygen atoms in total. The van der Waals surface area contributed by atoms with E-state index in [4.69, 9.17) is 4.98 Å². The maximum Gasteiger partial charge on any atom is 0.0547 e. The average molecular weight is 233 g/mol. The maximum absolute atomic E-state index is 4.69. The van der Waals surface area contributed by atoms with Crippen LogP contribution in [-0.2, 0) is 13.1 Å². The molecule has 0 aliphatic carbocycles. The van der Waals surface area contributed by atoms with Gasteiger partial charge in [-0.15, -0.1) is 0 Å². The quantitative estimate of drug-likeness (QED) is 0.843. The lowest BCUT2D eigenvalue weighted by Crippen LogP contribution is -2.21. The summed E-state index contributed by atoms with van der Waals surface area (Å²) in [6, 6.07) is 6.35. The van der Waals surface area contributed by atoms with Gasteiger partial charge in [0.1, 0.15) is 0 Å². The monoisotopic (exact) mass is 233 g/mol. The second kappa shape index (κ2) is 6.12. The summed E-state index contributed by atoms with van der Waals surface area (Å²) in [6.45, 7) is 9.77. The number of hydrogen-bond acceptors (Lipinski definition) is 3. The molecule has 2 rings (SSSR count). The molecule has 0 radical (unpaired) electrons. The first-order chi connectivity index (χ1) is 8.28. The van der Waals surface area contributed by atoms with E-state index in [0.717, 1.165) is 31.2 Å². The SMILES string of the molecule is CCNCc1cccc(CN2CCC(C)C2)n1. The Bertz CT molecular complexity index is 351. The minimum atomic E-state index is 0.847. The molecule has 1 atom stereocenters. The van der Waals surface area contributed by atoms with Crippen LogP contribution in [0, 0.1) is 5.92 Å². The van der Waals surface area contributed by atoms with Gasteiger partial charge in [-0.3, -0.25) is 9.88 Å². The number of nitrogens with one attached hydrogen (secondary N) is 1. The average Bonchev–Trinajstić information content (AvgIpc) is 2.73. The molecule has 1 aliphatic heterocycles. The Kier molecular flexibility index (Phi) is 4.51. The predicted molar refractivity (Wildman–Crippen MR) is 70.7 cm³/mol. The molecule has 0 spiro atoms. The highest BCUT2D eigenvalue weighted by atomic mass is 15.1. The van der Waals surface area contributed by atoms with Gasteiger partial charge < -0.3 is 5.32 Å². The van der Waals surface area contributed by atoms with Crippen molar-refractivity contribution >= 4 is 0 Å². The van der Waals surface area contributed by atoms with E-state index in [-0.39, 0.29) is 0 Å². The topological polar surface area (TPSA) is 28.2 Å². The van der Waals surface area contributed by atoms with E-state index in [2.05, 4.69) is 42.3 Å². The van der Waals surface area contributed by atoms with Crippen molar-refractivity contribution in [3.8, 4) is 0 Å². The van der Waals surface area contributed by atoms with Crippen molar-refractivity contribution in [2.24, 2.45) is 5.92 Å². The van der Waals surface area contributed by atoms with Crippen LogP contribution in [0.3, 0.4) is 0 Å². The third kappa shape index (κ3) is 3.79. The maximum atomic E-state index is 4.69. The van der Waals surface area contributed by atoms with Crippen LogP contribution in [0.4, 0.5) is 0 Å². The van der Waals surface area contributed by atoms with Crippen molar-refractivity contribution in [2.75, 3.05) is 19.6 Å². The van der Waals surface area contributed by atoms with Gasteiger partial charge >= 0.3 is 0 Å².